The molecule has 21 heavy (non-hydrogen) atoms. The zero-order valence-electron chi connectivity index (χ0n) is 11.0. The smallest absolute Gasteiger partial charge is 0.746 e. The van der Waals surface area contributed by atoms with E-state index in [-0.39, 0.29) is 34.6 Å². The normalized spacial score (nSPS) is 12.3. The zero-order valence-corrected chi connectivity index (χ0v) is 15.3. The van der Waals surface area contributed by atoms with Crippen LogP contribution in [0.4, 0.5) is 5.69 Å². The largest absolute Gasteiger partial charge is 1.00 e. The first kappa shape index (κ1) is 18.7. The number of nitrogens with one attached hydrogen (secondary N) is 1. The van der Waals surface area contributed by atoms with E-state index in [1.807, 2.05) is 0 Å². The molecule has 0 spiro atoms. The maximum atomic E-state index is 11.4. The summed E-state index contributed by atoms with van der Waals surface area (Å²) in [5, 5.41) is 1.80. The summed E-state index contributed by atoms with van der Waals surface area (Å²) < 4.78 is 34.2. The second-order valence-electron chi connectivity index (χ2n) is 3.93. The molecule has 0 saturated carbocycles. The van der Waals surface area contributed by atoms with Gasteiger partial charge in [-0.3, -0.25) is 4.98 Å². The Labute approximate surface area is 154 Å². The average Bonchev–Trinajstić information content (AvgIpc) is 2.39. The van der Waals surface area contributed by atoms with Gasteiger partial charge in [-0.25, -0.2) is 8.42 Å². The van der Waals surface area contributed by atoms with Crippen molar-refractivity contribution in [2.24, 2.45) is 0 Å². The molecule has 5 nitrogen and oxygen atoms in total. The van der Waals surface area contributed by atoms with Gasteiger partial charge in [0, 0.05) is 18.1 Å². The molecule has 0 bridgehead atoms. The number of halogens is 2. The molecule has 2 aromatic rings. The van der Waals surface area contributed by atoms with Crippen LogP contribution in [-0.2, 0) is 10.1 Å². The minimum atomic E-state index is -4.60. The molecule has 1 unspecified atom stereocenters. The summed E-state index contributed by atoms with van der Waals surface area (Å²) in [4.78, 5) is 3.78. The monoisotopic (exact) mass is 354 g/mol. The number of anilines is 1. The molecular weight excluding hydrogens is 346 g/mol. The second kappa shape index (κ2) is 7.78. The molecule has 0 aliphatic carbocycles. The first-order valence-electron chi connectivity index (χ1n) is 5.44. The van der Waals surface area contributed by atoms with Crippen LogP contribution in [0.5, 0.6) is 0 Å². The number of pyridine rings is 1. The molecule has 1 aromatic heterocycles. The summed E-state index contributed by atoms with van der Waals surface area (Å²) in [6.07, 6.45) is 2.81. The molecule has 2 rings (SSSR count). The Morgan fingerprint density at radius 1 is 1.10 bits per heavy atom. The number of rotatable bonds is 4. The first-order chi connectivity index (χ1) is 9.38. The van der Waals surface area contributed by atoms with Crippen LogP contribution in [-0.4, -0.2) is 18.0 Å². The van der Waals surface area contributed by atoms with E-state index in [0.717, 1.165) is 0 Å². The van der Waals surface area contributed by atoms with Crippen molar-refractivity contribution in [3.8, 4) is 0 Å². The van der Waals surface area contributed by atoms with Gasteiger partial charge in [-0.05, 0) is 35.9 Å². The van der Waals surface area contributed by atoms with Gasteiger partial charge in [-0.1, -0.05) is 23.2 Å². The van der Waals surface area contributed by atoms with E-state index in [2.05, 4.69) is 10.3 Å². The SMILES string of the molecule is O=S(=O)([O-])C(Nc1ccc(Cl)c(Cl)c1)c1ccncc1.[Na+]. The quantitative estimate of drug-likeness (QED) is 0.619. The van der Waals surface area contributed by atoms with Crippen LogP contribution in [0, 0.1) is 0 Å². The Morgan fingerprint density at radius 2 is 1.71 bits per heavy atom. The predicted octanol–water partition coefficient (Wildman–Crippen LogP) is 0.0483. The van der Waals surface area contributed by atoms with Gasteiger partial charge in [0.1, 0.15) is 15.5 Å². The minimum Gasteiger partial charge on any atom is -0.746 e. The second-order valence-corrected chi connectivity index (χ2v) is 6.20. The number of hydrogen-bond donors (Lipinski definition) is 1. The van der Waals surface area contributed by atoms with Crippen LogP contribution in [0.25, 0.3) is 0 Å². The van der Waals surface area contributed by atoms with Gasteiger partial charge in [-0.15, -0.1) is 0 Å². The van der Waals surface area contributed by atoms with Crippen LogP contribution < -0.4 is 34.9 Å². The van der Waals surface area contributed by atoms with Gasteiger partial charge < -0.3 is 9.87 Å². The minimum absolute atomic E-state index is 0. The zero-order chi connectivity index (χ0) is 14.8. The van der Waals surface area contributed by atoms with Gasteiger partial charge in [-0.2, -0.15) is 0 Å². The third kappa shape index (κ3) is 5.10. The molecule has 0 fully saturated rings. The van der Waals surface area contributed by atoms with Crippen LogP contribution in [0.15, 0.2) is 42.7 Å². The van der Waals surface area contributed by atoms with E-state index in [4.69, 9.17) is 23.2 Å². The van der Waals surface area contributed by atoms with Crippen LogP contribution in [0.3, 0.4) is 0 Å². The molecule has 1 aromatic carbocycles. The molecule has 0 amide bonds. The van der Waals surface area contributed by atoms with Crippen LogP contribution >= 0.6 is 23.2 Å². The summed E-state index contributed by atoms with van der Waals surface area (Å²) in [6.45, 7) is 0. The fraction of sp³-hybridized carbons (Fsp3) is 0.0833. The van der Waals surface area contributed by atoms with Gasteiger partial charge >= 0.3 is 29.6 Å². The van der Waals surface area contributed by atoms with Crippen molar-refractivity contribution in [2.75, 3.05) is 5.32 Å². The number of aromatic nitrogens is 1. The van der Waals surface area contributed by atoms with Crippen LogP contribution in [0.2, 0.25) is 10.0 Å². The van der Waals surface area contributed by atoms with Gasteiger partial charge in [0.2, 0.25) is 0 Å². The number of benzene rings is 1. The molecule has 9 heteroatoms. The van der Waals surface area contributed by atoms with E-state index in [9.17, 15) is 13.0 Å². The Balaban J connectivity index is 0.00000220. The summed E-state index contributed by atoms with van der Waals surface area (Å²) >= 11 is 11.6. The molecule has 106 valence electrons. The van der Waals surface area contributed by atoms with Gasteiger partial charge in [0.15, 0.2) is 0 Å². The van der Waals surface area contributed by atoms with Gasteiger partial charge in [0.05, 0.1) is 10.0 Å². The third-order valence-electron chi connectivity index (χ3n) is 2.51. The molecule has 0 saturated heterocycles. The van der Waals surface area contributed by atoms with E-state index in [0.29, 0.717) is 16.3 Å². The maximum Gasteiger partial charge on any atom is 1.00 e. The Bertz CT molecular complexity index is 714. The summed E-state index contributed by atoms with van der Waals surface area (Å²) in [6, 6.07) is 7.39. The van der Waals surface area contributed by atoms with Crippen molar-refractivity contribution in [3.63, 3.8) is 0 Å². The van der Waals surface area contributed by atoms with Gasteiger partial charge in [0.25, 0.3) is 0 Å². The molecule has 1 atom stereocenters. The van der Waals surface area contributed by atoms with Crippen molar-refractivity contribution in [1.82, 2.24) is 4.98 Å². The third-order valence-corrected chi connectivity index (χ3v) is 4.22. The molecule has 0 radical (unpaired) electrons. The van der Waals surface area contributed by atoms with Crippen molar-refractivity contribution >= 4 is 39.0 Å². The van der Waals surface area contributed by atoms with Crippen molar-refractivity contribution < 1.29 is 42.5 Å². The predicted molar refractivity (Wildman–Crippen MR) is 76.8 cm³/mol. The summed E-state index contributed by atoms with van der Waals surface area (Å²) in [5.74, 6) is 0. The molecule has 0 aliphatic heterocycles. The number of hydrogen-bond acceptors (Lipinski definition) is 5. The van der Waals surface area contributed by atoms with E-state index < -0.39 is 15.5 Å². The van der Waals surface area contributed by atoms with E-state index in [1.165, 1.54) is 42.7 Å². The Hall–Kier alpha value is -0.340. The fourth-order valence-electron chi connectivity index (χ4n) is 1.60. The molecule has 1 heterocycles. The van der Waals surface area contributed by atoms with Crippen molar-refractivity contribution in [3.05, 3.63) is 58.3 Å². The topological polar surface area (TPSA) is 82.1 Å². The maximum absolute atomic E-state index is 11.4. The van der Waals surface area contributed by atoms with Crippen molar-refractivity contribution in [1.29, 1.82) is 0 Å². The summed E-state index contributed by atoms with van der Waals surface area (Å²) in [7, 11) is -4.60. The number of nitrogens with zero attached hydrogens (tertiary/aromatic N) is 1. The average molecular weight is 355 g/mol. The Kier molecular flexibility index (Phi) is 6.93. The standard InChI is InChI=1S/C12H10Cl2N2O3S.Na/c13-10-2-1-9(7-11(10)14)16-12(20(17,18)19)8-3-5-15-6-4-8;/h1-7,12,16H,(H,17,18,19);/q;+1/p-1. The Morgan fingerprint density at radius 3 is 2.24 bits per heavy atom. The van der Waals surface area contributed by atoms with E-state index >= 15 is 0 Å². The fourth-order valence-corrected chi connectivity index (χ4v) is 2.67. The molecular formula is C12H9Cl2N2NaO3S. The molecule has 1 N–H and O–H groups in total. The summed E-state index contributed by atoms with van der Waals surface area (Å²) in [5.41, 5.74) is 0.668. The molecule has 0 aliphatic rings. The van der Waals surface area contributed by atoms with Crippen LogP contribution in [0.1, 0.15) is 10.9 Å². The first-order valence-corrected chi connectivity index (χ1v) is 7.67. The van der Waals surface area contributed by atoms with E-state index in [1.54, 1.807) is 0 Å². The van der Waals surface area contributed by atoms with Crippen molar-refractivity contribution in [2.45, 2.75) is 5.37 Å².